The van der Waals surface area contributed by atoms with Gasteiger partial charge in [-0.05, 0) is 31.0 Å². The molecule has 1 aliphatic rings. The van der Waals surface area contributed by atoms with Gasteiger partial charge in [-0.3, -0.25) is 0 Å². The number of nitrogens with zero attached hydrogens (tertiary/aromatic N) is 1. The number of benzene rings is 1. The molecule has 1 fully saturated rings. The first-order valence-electron chi connectivity index (χ1n) is 5.41. The van der Waals surface area contributed by atoms with Crippen molar-refractivity contribution in [1.82, 2.24) is 5.16 Å². The lowest BCUT2D eigenvalue weighted by molar-refractivity contribution is 0.304. The molecule has 1 heterocycles. The zero-order valence-corrected chi connectivity index (χ0v) is 9.02. The van der Waals surface area contributed by atoms with E-state index in [4.69, 9.17) is 15.0 Å². The average molecular weight is 234 g/mol. The molecule has 1 saturated carbocycles. The molecular formula is C12H11FN2O2. The van der Waals surface area contributed by atoms with E-state index in [0.29, 0.717) is 16.9 Å². The van der Waals surface area contributed by atoms with Crippen molar-refractivity contribution in [3.05, 3.63) is 30.2 Å². The van der Waals surface area contributed by atoms with E-state index in [2.05, 4.69) is 5.16 Å². The molecule has 2 aromatic rings. The minimum atomic E-state index is -0.344. The summed E-state index contributed by atoms with van der Waals surface area (Å²) in [5, 5.41) is 3.59. The van der Waals surface area contributed by atoms with Gasteiger partial charge in [-0.15, -0.1) is 0 Å². The summed E-state index contributed by atoms with van der Waals surface area (Å²) in [7, 11) is 0. The van der Waals surface area contributed by atoms with Crippen molar-refractivity contribution < 1.29 is 13.7 Å². The van der Waals surface area contributed by atoms with Crippen LogP contribution in [0.3, 0.4) is 0 Å². The summed E-state index contributed by atoms with van der Waals surface area (Å²) in [4.78, 5) is 0. The van der Waals surface area contributed by atoms with Crippen LogP contribution in [0.2, 0.25) is 0 Å². The molecule has 1 aliphatic carbocycles. The molecule has 17 heavy (non-hydrogen) atoms. The third kappa shape index (κ3) is 1.95. The maximum atomic E-state index is 13.3. The van der Waals surface area contributed by atoms with E-state index in [9.17, 15) is 4.39 Å². The normalized spacial score (nSPS) is 14.9. The first kappa shape index (κ1) is 10.1. The average Bonchev–Trinajstić information content (AvgIpc) is 3.02. The topological polar surface area (TPSA) is 61.3 Å². The predicted octanol–water partition coefficient (Wildman–Crippen LogP) is 2.60. The van der Waals surface area contributed by atoms with Gasteiger partial charge >= 0.3 is 0 Å². The van der Waals surface area contributed by atoms with Crippen LogP contribution >= 0.6 is 0 Å². The van der Waals surface area contributed by atoms with Gasteiger partial charge in [-0.1, -0.05) is 5.16 Å². The number of aromatic nitrogens is 1. The molecule has 2 N–H and O–H groups in total. The molecule has 0 atom stereocenters. The number of halogens is 1. The minimum absolute atomic E-state index is 0.163. The highest BCUT2D eigenvalue weighted by Gasteiger charge is 2.25. The number of nitrogen functional groups attached to an aromatic ring is 1. The Morgan fingerprint density at radius 1 is 1.35 bits per heavy atom. The first-order valence-corrected chi connectivity index (χ1v) is 5.41. The monoisotopic (exact) mass is 234 g/mol. The van der Waals surface area contributed by atoms with Gasteiger partial charge in [0.1, 0.15) is 11.6 Å². The Balaban J connectivity index is 2.06. The third-order valence-corrected chi connectivity index (χ3v) is 2.65. The van der Waals surface area contributed by atoms with Crippen LogP contribution in [0.1, 0.15) is 12.8 Å². The molecule has 0 saturated heterocycles. The summed E-state index contributed by atoms with van der Waals surface area (Å²) >= 11 is 0. The van der Waals surface area contributed by atoms with Crippen LogP contribution in [0.15, 0.2) is 28.9 Å². The molecule has 0 unspecified atom stereocenters. The second kappa shape index (κ2) is 3.76. The van der Waals surface area contributed by atoms with Gasteiger partial charge in [0.05, 0.1) is 17.9 Å². The molecule has 0 amide bonds. The summed E-state index contributed by atoms with van der Waals surface area (Å²) < 4.78 is 23.8. The zero-order valence-electron chi connectivity index (χ0n) is 9.02. The van der Waals surface area contributed by atoms with Crippen molar-refractivity contribution in [3.8, 4) is 16.9 Å². The van der Waals surface area contributed by atoms with Crippen molar-refractivity contribution in [1.29, 1.82) is 0 Å². The Kier molecular flexibility index (Phi) is 2.24. The lowest BCUT2D eigenvalue weighted by atomic mass is 10.1. The Morgan fingerprint density at radius 2 is 2.18 bits per heavy atom. The van der Waals surface area contributed by atoms with Crippen molar-refractivity contribution in [3.63, 3.8) is 0 Å². The van der Waals surface area contributed by atoms with Crippen LogP contribution in [0.25, 0.3) is 11.1 Å². The van der Waals surface area contributed by atoms with Gasteiger partial charge in [-0.2, -0.15) is 0 Å². The quantitative estimate of drug-likeness (QED) is 0.886. The first-order chi connectivity index (χ1) is 8.24. The highest BCUT2D eigenvalue weighted by molar-refractivity contribution is 5.77. The molecule has 1 aromatic carbocycles. The van der Waals surface area contributed by atoms with Gasteiger partial charge < -0.3 is 15.0 Å². The van der Waals surface area contributed by atoms with Gasteiger partial charge in [0.2, 0.25) is 5.88 Å². The van der Waals surface area contributed by atoms with Crippen LogP contribution in [-0.2, 0) is 0 Å². The Bertz CT molecular complexity index is 549. The second-order valence-corrected chi connectivity index (χ2v) is 4.06. The molecule has 0 bridgehead atoms. The fourth-order valence-corrected chi connectivity index (χ4v) is 1.63. The SMILES string of the molecule is Nc1oncc1-c1cc(F)ccc1OC1CC1. The summed E-state index contributed by atoms with van der Waals surface area (Å²) in [6.45, 7) is 0. The van der Waals surface area contributed by atoms with Crippen LogP contribution in [-0.4, -0.2) is 11.3 Å². The van der Waals surface area contributed by atoms with Crippen LogP contribution < -0.4 is 10.5 Å². The maximum absolute atomic E-state index is 13.3. The number of hydrogen-bond acceptors (Lipinski definition) is 4. The van der Waals surface area contributed by atoms with Crippen molar-refractivity contribution in [2.45, 2.75) is 18.9 Å². The number of ether oxygens (including phenoxy) is 1. The fourth-order valence-electron chi connectivity index (χ4n) is 1.63. The van der Waals surface area contributed by atoms with Crippen molar-refractivity contribution in [2.24, 2.45) is 0 Å². The van der Waals surface area contributed by atoms with Crippen LogP contribution in [0, 0.1) is 5.82 Å². The number of rotatable bonds is 3. The van der Waals surface area contributed by atoms with Gasteiger partial charge in [0.25, 0.3) is 0 Å². The van der Waals surface area contributed by atoms with E-state index in [1.165, 1.54) is 18.3 Å². The Hall–Kier alpha value is -2.04. The maximum Gasteiger partial charge on any atom is 0.230 e. The molecule has 4 nitrogen and oxygen atoms in total. The van der Waals surface area contributed by atoms with Gasteiger partial charge in [0, 0.05) is 5.56 Å². The molecule has 0 radical (unpaired) electrons. The minimum Gasteiger partial charge on any atom is -0.490 e. The smallest absolute Gasteiger partial charge is 0.230 e. The molecule has 0 aliphatic heterocycles. The highest BCUT2D eigenvalue weighted by atomic mass is 19.1. The third-order valence-electron chi connectivity index (χ3n) is 2.65. The van der Waals surface area contributed by atoms with E-state index in [1.807, 2.05) is 0 Å². The van der Waals surface area contributed by atoms with Crippen molar-refractivity contribution in [2.75, 3.05) is 5.73 Å². The molecule has 3 rings (SSSR count). The van der Waals surface area contributed by atoms with Crippen LogP contribution in [0.5, 0.6) is 5.75 Å². The lowest BCUT2D eigenvalue weighted by Gasteiger charge is -2.09. The summed E-state index contributed by atoms with van der Waals surface area (Å²) in [6, 6.07) is 4.35. The molecule has 88 valence electrons. The van der Waals surface area contributed by atoms with Gasteiger partial charge in [-0.25, -0.2) is 4.39 Å². The number of nitrogens with two attached hydrogens (primary N) is 1. The molecule has 5 heteroatoms. The largest absolute Gasteiger partial charge is 0.490 e. The molecule has 0 spiro atoms. The second-order valence-electron chi connectivity index (χ2n) is 4.06. The highest BCUT2D eigenvalue weighted by Crippen LogP contribution is 2.37. The standard InChI is InChI=1S/C12H11FN2O2/c13-7-1-4-11(16-8-2-3-8)9(5-7)10-6-15-17-12(10)14/h1,4-6,8H,2-3,14H2. The fraction of sp³-hybridized carbons (Fsp3) is 0.250. The predicted molar refractivity (Wildman–Crippen MR) is 60.0 cm³/mol. The van der Waals surface area contributed by atoms with E-state index in [-0.39, 0.29) is 17.8 Å². The number of hydrogen-bond donors (Lipinski definition) is 1. The number of anilines is 1. The lowest BCUT2D eigenvalue weighted by Crippen LogP contribution is -1.98. The summed E-state index contributed by atoms with van der Waals surface area (Å²) in [6.07, 6.45) is 3.77. The molecule has 1 aromatic heterocycles. The van der Waals surface area contributed by atoms with Crippen molar-refractivity contribution >= 4 is 5.88 Å². The van der Waals surface area contributed by atoms with Gasteiger partial charge in [0.15, 0.2) is 0 Å². The summed E-state index contributed by atoms with van der Waals surface area (Å²) in [5.74, 6) is 0.434. The Labute approximate surface area is 97.2 Å². The van der Waals surface area contributed by atoms with E-state index in [0.717, 1.165) is 12.8 Å². The molecular weight excluding hydrogens is 223 g/mol. The van der Waals surface area contributed by atoms with E-state index in [1.54, 1.807) is 6.07 Å². The Morgan fingerprint density at radius 3 is 2.82 bits per heavy atom. The van der Waals surface area contributed by atoms with E-state index >= 15 is 0 Å². The van der Waals surface area contributed by atoms with Crippen LogP contribution in [0.4, 0.5) is 10.3 Å². The summed E-state index contributed by atoms with van der Waals surface area (Å²) in [5.41, 5.74) is 6.77. The van der Waals surface area contributed by atoms with E-state index < -0.39 is 0 Å². The zero-order chi connectivity index (χ0) is 11.8.